The van der Waals surface area contributed by atoms with Gasteiger partial charge < -0.3 is 16.0 Å². The summed E-state index contributed by atoms with van der Waals surface area (Å²) >= 11 is 0. The van der Waals surface area contributed by atoms with Gasteiger partial charge in [0.2, 0.25) is 11.6 Å². The molecule has 2 amide bonds. The molecular weight excluding hydrogens is 225 g/mol. The average molecular weight is 240 g/mol. The van der Waals surface area contributed by atoms with Crippen molar-refractivity contribution in [1.29, 1.82) is 0 Å². The first-order chi connectivity index (χ1) is 6.58. The molecule has 15 heavy (non-hydrogen) atoms. The van der Waals surface area contributed by atoms with E-state index in [1.54, 1.807) is 0 Å². The van der Waals surface area contributed by atoms with E-state index in [1.807, 2.05) is 0 Å². The van der Waals surface area contributed by atoms with Gasteiger partial charge >= 0.3 is 0 Å². The molecule has 0 radical (unpaired) electrons. The van der Waals surface area contributed by atoms with Gasteiger partial charge in [0.25, 0.3) is 5.91 Å². The van der Waals surface area contributed by atoms with Gasteiger partial charge in [0, 0.05) is 20.0 Å². The second-order valence-electron chi connectivity index (χ2n) is 3.25. The molecule has 1 aliphatic heterocycles. The number of halogens is 2. The van der Waals surface area contributed by atoms with Gasteiger partial charge in [0.1, 0.15) is 0 Å². The van der Waals surface area contributed by atoms with Gasteiger partial charge in [-0.25, -0.2) is 4.39 Å². The third-order valence-corrected chi connectivity index (χ3v) is 2.20. The largest absolute Gasteiger partial charge is 0.358 e. The number of carbonyl (C=O) groups is 2. The van der Waals surface area contributed by atoms with Crippen molar-refractivity contribution in [2.24, 2.45) is 0 Å². The van der Waals surface area contributed by atoms with E-state index >= 15 is 0 Å². The standard InChI is InChI=1S/C8H14FN3O2.ClH/c1-10-6(13)4-12-7(14)8(9)2-3-11-5-8;/h11H,2-5H2,1H3,(H,10,13)(H,12,14);1H. The molecule has 88 valence electrons. The quantitative estimate of drug-likeness (QED) is 0.590. The van der Waals surface area contributed by atoms with Crippen molar-refractivity contribution in [3.63, 3.8) is 0 Å². The Kier molecular flexibility index (Phi) is 5.53. The molecule has 1 saturated heterocycles. The maximum absolute atomic E-state index is 13.7. The highest BCUT2D eigenvalue weighted by molar-refractivity contribution is 5.89. The summed E-state index contributed by atoms with van der Waals surface area (Å²) in [5.74, 6) is -1.06. The lowest BCUT2D eigenvalue weighted by Crippen LogP contribution is -2.47. The van der Waals surface area contributed by atoms with Gasteiger partial charge in [-0.05, 0) is 6.54 Å². The van der Waals surface area contributed by atoms with Crippen molar-refractivity contribution in [3.8, 4) is 0 Å². The fourth-order valence-electron chi connectivity index (χ4n) is 1.26. The number of hydrogen-bond acceptors (Lipinski definition) is 3. The van der Waals surface area contributed by atoms with Crippen molar-refractivity contribution in [2.75, 3.05) is 26.7 Å². The van der Waals surface area contributed by atoms with E-state index < -0.39 is 11.6 Å². The minimum Gasteiger partial charge on any atom is -0.358 e. The Hall–Kier alpha value is -0.880. The molecule has 1 unspecified atom stereocenters. The first-order valence-corrected chi connectivity index (χ1v) is 4.47. The zero-order valence-corrected chi connectivity index (χ0v) is 9.25. The predicted molar refractivity (Wildman–Crippen MR) is 55.7 cm³/mol. The summed E-state index contributed by atoms with van der Waals surface area (Å²) in [4.78, 5) is 22.1. The van der Waals surface area contributed by atoms with Gasteiger partial charge in [-0.15, -0.1) is 12.4 Å². The molecule has 1 atom stereocenters. The maximum atomic E-state index is 13.7. The molecule has 0 bridgehead atoms. The summed E-state index contributed by atoms with van der Waals surface area (Å²) in [6.45, 7) is 0.331. The van der Waals surface area contributed by atoms with Crippen molar-refractivity contribution < 1.29 is 14.0 Å². The van der Waals surface area contributed by atoms with Crippen LogP contribution in [0, 0.1) is 0 Å². The molecule has 5 nitrogen and oxygen atoms in total. The van der Waals surface area contributed by atoms with Crippen LogP contribution in [0.15, 0.2) is 0 Å². The zero-order valence-electron chi connectivity index (χ0n) is 8.43. The van der Waals surface area contributed by atoms with Crippen LogP contribution in [-0.2, 0) is 9.59 Å². The fourth-order valence-corrected chi connectivity index (χ4v) is 1.26. The Morgan fingerprint density at radius 1 is 1.53 bits per heavy atom. The molecule has 3 N–H and O–H groups in total. The summed E-state index contributed by atoms with van der Waals surface area (Å²) in [6.07, 6.45) is 0.159. The lowest BCUT2D eigenvalue weighted by Gasteiger charge is -2.16. The summed E-state index contributed by atoms with van der Waals surface area (Å²) in [5.41, 5.74) is -1.85. The SMILES string of the molecule is CNC(=O)CNC(=O)C1(F)CCNC1.Cl. The highest BCUT2D eigenvalue weighted by atomic mass is 35.5. The van der Waals surface area contributed by atoms with Gasteiger partial charge in [-0.2, -0.15) is 0 Å². The van der Waals surface area contributed by atoms with Gasteiger partial charge in [-0.3, -0.25) is 9.59 Å². The van der Waals surface area contributed by atoms with Crippen molar-refractivity contribution >= 4 is 24.2 Å². The average Bonchev–Trinajstić information content (AvgIpc) is 2.62. The highest BCUT2D eigenvalue weighted by Gasteiger charge is 2.41. The van der Waals surface area contributed by atoms with Crippen molar-refractivity contribution in [3.05, 3.63) is 0 Å². The number of amides is 2. The normalized spacial score (nSPS) is 24.1. The van der Waals surface area contributed by atoms with E-state index in [2.05, 4.69) is 16.0 Å². The third kappa shape index (κ3) is 3.64. The van der Waals surface area contributed by atoms with Crippen LogP contribution in [0.5, 0.6) is 0 Å². The van der Waals surface area contributed by atoms with Crippen LogP contribution in [0.25, 0.3) is 0 Å². The molecule has 0 aromatic heterocycles. The first-order valence-electron chi connectivity index (χ1n) is 4.47. The van der Waals surface area contributed by atoms with Crippen molar-refractivity contribution in [1.82, 2.24) is 16.0 Å². The van der Waals surface area contributed by atoms with Crippen LogP contribution < -0.4 is 16.0 Å². The zero-order chi connectivity index (χ0) is 10.6. The minimum atomic E-state index is -1.85. The fraction of sp³-hybridized carbons (Fsp3) is 0.750. The molecule has 0 aromatic carbocycles. The topological polar surface area (TPSA) is 70.2 Å². The van der Waals surface area contributed by atoms with E-state index in [1.165, 1.54) is 7.05 Å². The number of likely N-dealkylation sites (N-methyl/N-ethyl adjacent to an activating group) is 1. The lowest BCUT2D eigenvalue weighted by molar-refractivity contribution is -0.133. The number of alkyl halides is 1. The van der Waals surface area contributed by atoms with E-state index in [-0.39, 0.29) is 37.8 Å². The summed E-state index contributed by atoms with van der Waals surface area (Å²) in [7, 11) is 1.46. The van der Waals surface area contributed by atoms with Crippen LogP contribution in [0.2, 0.25) is 0 Å². The summed E-state index contributed by atoms with van der Waals surface area (Å²) < 4.78 is 13.7. The molecule has 0 spiro atoms. The minimum absolute atomic E-state index is 0. The summed E-state index contributed by atoms with van der Waals surface area (Å²) in [6, 6.07) is 0. The third-order valence-electron chi connectivity index (χ3n) is 2.20. The Balaban J connectivity index is 0.00000196. The molecule has 0 aromatic rings. The lowest BCUT2D eigenvalue weighted by atomic mass is 10.1. The predicted octanol–water partition coefficient (Wildman–Crippen LogP) is -1.03. The van der Waals surface area contributed by atoms with E-state index in [4.69, 9.17) is 0 Å². The highest BCUT2D eigenvalue weighted by Crippen LogP contribution is 2.19. The molecule has 1 aliphatic rings. The second-order valence-corrected chi connectivity index (χ2v) is 3.25. The van der Waals surface area contributed by atoms with Crippen LogP contribution in [0.1, 0.15) is 6.42 Å². The monoisotopic (exact) mass is 239 g/mol. The Bertz CT molecular complexity index is 244. The van der Waals surface area contributed by atoms with Crippen LogP contribution in [0.3, 0.4) is 0 Å². The van der Waals surface area contributed by atoms with E-state index in [9.17, 15) is 14.0 Å². The van der Waals surface area contributed by atoms with Crippen LogP contribution in [-0.4, -0.2) is 44.2 Å². The second kappa shape index (κ2) is 5.87. The van der Waals surface area contributed by atoms with Gasteiger partial charge in [-0.1, -0.05) is 0 Å². The summed E-state index contributed by atoms with van der Waals surface area (Å²) in [5, 5.41) is 7.34. The molecule has 7 heteroatoms. The Morgan fingerprint density at radius 2 is 2.20 bits per heavy atom. The molecule has 1 heterocycles. The van der Waals surface area contributed by atoms with Crippen molar-refractivity contribution in [2.45, 2.75) is 12.1 Å². The molecule has 1 rings (SSSR count). The number of carbonyl (C=O) groups excluding carboxylic acids is 2. The Labute approximate surface area is 93.6 Å². The number of hydrogen-bond donors (Lipinski definition) is 3. The molecule has 0 saturated carbocycles. The molecular formula is C8H15ClFN3O2. The number of nitrogens with one attached hydrogen (secondary N) is 3. The van der Waals surface area contributed by atoms with Gasteiger partial charge in [0.15, 0.2) is 0 Å². The maximum Gasteiger partial charge on any atom is 0.259 e. The van der Waals surface area contributed by atoms with Crippen LogP contribution >= 0.6 is 12.4 Å². The smallest absolute Gasteiger partial charge is 0.259 e. The molecule has 1 fully saturated rings. The van der Waals surface area contributed by atoms with E-state index in [0.29, 0.717) is 6.54 Å². The molecule has 0 aliphatic carbocycles. The Morgan fingerprint density at radius 3 is 2.67 bits per heavy atom. The first kappa shape index (κ1) is 14.1. The number of rotatable bonds is 3. The van der Waals surface area contributed by atoms with Gasteiger partial charge in [0.05, 0.1) is 6.54 Å². The van der Waals surface area contributed by atoms with E-state index in [0.717, 1.165) is 0 Å². The van der Waals surface area contributed by atoms with Crippen LogP contribution in [0.4, 0.5) is 4.39 Å².